The Kier molecular flexibility index (Phi) is 9.34. The summed E-state index contributed by atoms with van der Waals surface area (Å²) in [4.78, 5) is 29.1. The highest BCUT2D eigenvalue weighted by molar-refractivity contribution is 14.1. The van der Waals surface area contributed by atoms with Crippen molar-refractivity contribution in [3.8, 4) is 0 Å². The van der Waals surface area contributed by atoms with Crippen molar-refractivity contribution in [3.63, 3.8) is 0 Å². The van der Waals surface area contributed by atoms with Crippen LogP contribution < -0.4 is 4.90 Å². The van der Waals surface area contributed by atoms with Crippen LogP contribution in [-0.2, 0) is 14.0 Å². The van der Waals surface area contributed by atoms with E-state index in [-0.39, 0.29) is 35.0 Å². The molecule has 2 aliphatic carbocycles. The molecule has 2 fully saturated rings. The summed E-state index contributed by atoms with van der Waals surface area (Å²) in [5.41, 5.74) is 0.749. The van der Waals surface area contributed by atoms with Gasteiger partial charge in [-0.05, 0) is 104 Å². The van der Waals surface area contributed by atoms with Crippen molar-refractivity contribution in [1.82, 2.24) is 0 Å². The third kappa shape index (κ3) is 6.45. The minimum atomic E-state index is -1.83. The van der Waals surface area contributed by atoms with Crippen LogP contribution in [-0.4, -0.2) is 39.4 Å². The van der Waals surface area contributed by atoms with Crippen LogP contribution >= 0.6 is 33.9 Å². The molecule has 0 aliphatic heterocycles. The summed E-state index contributed by atoms with van der Waals surface area (Å²) in [5.74, 6) is 0.571. The van der Waals surface area contributed by atoms with Gasteiger partial charge >= 0.3 is 5.97 Å². The Balaban J connectivity index is 1.83. The Bertz CT molecular complexity index is 865. The number of rotatable bonds is 6. The number of anilines is 1. The molecular formula is C26H42INO4SSi. The Morgan fingerprint density at radius 1 is 1.06 bits per heavy atom. The second-order valence-corrected chi connectivity index (χ2v) is 19.4. The molecule has 0 radical (unpaired) electrons. The first kappa shape index (κ1) is 28.1. The molecule has 0 atom stereocenters. The maximum absolute atomic E-state index is 14.0. The van der Waals surface area contributed by atoms with E-state index in [1.54, 1.807) is 0 Å². The lowest BCUT2D eigenvalue weighted by atomic mass is 9.81. The maximum Gasteiger partial charge on any atom is 0.350 e. The van der Waals surface area contributed by atoms with E-state index >= 15 is 0 Å². The van der Waals surface area contributed by atoms with Crippen LogP contribution in [0.15, 0.2) is 6.07 Å². The second-order valence-electron chi connectivity index (χ2n) is 11.7. The molecular weight excluding hydrogens is 577 g/mol. The van der Waals surface area contributed by atoms with Crippen LogP contribution in [0.4, 0.5) is 5.69 Å². The van der Waals surface area contributed by atoms with Crippen LogP contribution in [0.1, 0.15) is 88.7 Å². The number of hydrogen-bond donors (Lipinski definition) is 0. The topological polar surface area (TPSA) is 55.8 Å². The zero-order valence-electron chi connectivity index (χ0n) is 21.9. The molecule has 8 heteroatoms. The van der Waals surface area contributed by atoms with Crippen molar-refractivity contribution in [2.24, 2.45) is 11.8 Å². The number of ether oxygens (including phenoxy) is 1. The van der Waals surface area contributed by atoms with Gasteiger partial charge in [-0.25, -0.2) is 4.79 Å². The third-order valence-electron chi connectivity index (χ3n) is 8.19. The first-order valence-corrected chi connectivity index (χ1v) is 17.5. The second kappa shape index (κ2) is 11.3. The van der Waals surface area contributed by atoms with Crippen LogP contribution in [0, 0.1) is 14.7 Å². The van der Waals surface area contributed by atoms with Gasteiger partial charge in [-0.3, -0.25) is 4.79 Å². The number of hydrogen-bond acceptors (Lipinski definition) is 5. The van der Waals surface area contributed by atoms with E-state index in [0.29, 0.717) is 10.8 Å². The van der Waals surface area contributed by atoms with Gasteiger partial charge in [0.05, 0.1) is 15.7 Å². The lowest BCUT2D eigenvalue weighted by Crippen LogP contribution is -2.49. The number of thiophene rings is 1. The van der Waals surface area contributed by atoms with E-state index in [1.165, 1.54) is 18.4 Å². The molecule has 3 rings (SSSR count). The molecule has 0 saturated heterocycles. The molecule has 5 nitrogen and oxygen atoms in total. The number of methoxy groups -OCH3 is 1. The molecule has 192 valence electrons. The third-order valence-corrected chi connectivity index (χ3v) is 14.6. The number of carbonyl (C=O) groups excluding carboxylic acids is 2. The maximum atomic E-state index is 14.0. The number of carbonyl (C=O) groups is 2. The van der Waals surface area contributed by atoms with Gasteiger partial charge in [0.2, 0.25) is 5.91 Å². The van der Waals surface area contributed by atoms with Crippen molar-refractivity contribution >= 4 is 59.8 Å². The molecule has 0 unspecified atom stereocenters. The Morgan fingerprint density at radius 2 is 1.65 bits per heavy atom. The summed E-state index contributed by atoms with van der Waals surface area (Å²) in [7, 11) is -0.414. The largest absolute Gasteiger partial charge is 0.465 e. The van der Waals surface area contributed by atoms with Gasteiger partial charge in [-0.2, -0.15) is 0 Å². The van der Waals surface area contributed by atoms with Crippen molar-refractivity contribution in [2.75, 3.05) is 12.0 Å². The zero-order valence-corrected chi connectivity index (χ0v) is 25.9. The van der Waals surface area contributed by atoms with Gasteiger partial charge in [-0.1, -0.05) is 27.7 Å². The molecule has 0 N–H and O–H groups in total. The van der Waals surface area contributed by atoms with E-state index in [2.05, 4.69) is 63.4 Å². The predicted molar refractivity (Wildman–Crippen MR) is 151 cm³/mol. The summed E-state index contributed by atoms with van der Waals surface area (Å²) in [6.07, 6.45) is 8.05. The van der Waals surface area contributed by atoms with Gasteiger partial charge in [0.1, 0.15) is 4.88 Å². The van der Waals surface area contributed by atoms with Gasteiger partial charge < -0.3 is 14.1 Å². The van der Waals surface area contributed by atoms with E-state index in [0.717, 1.165) is 59.9 Å². The van der Waals surface area contributed by atoms with E-state index in [1.807, 2.05) is 11.0 Å². The molecule has 0 bridgehead atoms. The van der Waals surface area contributed by atoms with E-state index in [9.17, 15) is 9.59 Å². The van der Waals surface area contributed by atoms with Crippen LogP contribution in [0.2, 0.25) is 18.1 Å². The highest BCUT2D eigenvalue weighted by Crippen LogP contribution is 2.42. The molecule has 0 spiro atoms. The lowest BCUT2D eigenvalue weighted by Gasteiger charge is -2.43. The van der Waals surface area contributed by atoms with Gasteiger partial charge in [0, 0.05) is 18.1 Å². The first-order chi connectivity index (χ1) is 15.8. The van der Waals surface area contributed by atoms with E-state index in [4.69, 9.17) is 9.16 Å². The number of halogens is 1. The molecule has 2 saturated carbocycles. The normalized spacial score (nSPS) is 26.2. The fraction of sp³-hybridized carbons (Fsp3) is 0.769. The number of nitrogens with zero attached hydrogens (tertiary/aromatic N) is 1. The fourth-order valence-corrected chi connectivity index (χ4v) is 8.16. The van der Waals surface area contributed by atoms with Crippen LogP contribution in [0.3, 0.4) is 0 Å². The Labute approximate surface area is 224 Å². The van der Waals surface area contributed by atoms with E-state index < -0.39 is 8.32 Å². The summed E-state index contributed by atoms with van der Waals surface area (Å²) in [5, 5.41) is 0.187. The van der Waals surface area contributed by atoms with Gasteiger partial charge in [0.15, 0.2) is 8.32 Å². The van der Waals surface area contributed by atoms with Gasteiger partial charge in [0.25, 0.3) is 0 Å². The molecule has 2 aliphatic rings. The zero-order chi connectivity index (χ0) is 25.3. The predicted octanol–water partition coefficient (Wildman–Crippen LogP) is 7.63. The van der Waals surface area contributed by atoms with Gasteiger partial charge in [-0.15, -0.1) is 11.3 Å². The molecule has 1 aromatic rings. The summed E-state index contributed by atoms with van der Waals surface area (Å²) >= 11 is 3.66. The minimum Gasteiger partial charge on any atom is -0.465 e. The number of amides is 1. The summed E-state index contributed by atoms with van der Waals surface area (Å²) in [6.45, 7) is 13.7. The average molecular weight is 620 g/mol. The van der Waals surface area contributed by atoms with Crippen molar-refractivity contribution in [1.29, 1.82) is 0 Å². The molecule has 0 aromatic carbocycles. The average Bonchev–Trinajstić information content (AvgIpc) is 3.15. The Morgan fingerprint density at radius 3 is 2.18 bits per heavy atom. The number of esters is 1. The standard InChI is InChI=1S/C26H42INO4SSi/c1-17-8-10-18(11-9-17)24(29)28(21-16-22(27)33-23(21)25(30)31-5)19-12-14-20(15-13-19)32-34(6,7)26(2,3)4/h16-20H,8-15H2,1-7H3/t17-,18-,19?,20?. The summed E-state index contributed by atoms with van der Waals surface area (Å²) < 4.78 is 12.8. The highest BCUT2D eigenvalue weighted by Gasteiger charge is 2.42. The monoisotopic (exact) mass is 619 g/mol. The quantitative estimate of drug-likeness (QED) is 0.187. The van der Waals surface area contributed by atoms with Crippen molar-refractivity contribution < 1.29 is 18.8 Å². The molecule has 1 aromatic heterocycles. The van der Waals surface area contributed by atoms with Crippen LogP contribution in [0.25, 0.3) is 0 Å². The highest BCUT2D eigenvalue weighted by atomic mass is 127. The fourth-order valence-electron chi connectivity index (χ4n) is 4.98. The minimum absolute atomic E-state index is 0.0421. The van der Waals surface area contributed by atoms with Crippen molar-refractivity contribution in [3.05, 3.63) is 13.8 Å². The lowest BCUT2D eigenvalue weighted by molar-refractivity contribution is -0.124. The van der Waals surface area contributed by atoms with Crippen LogP contribution in [0.5, 0.6) is 0 Å². The molecule has 1 amide bonds. The molecule has 1 heterocycles. The Hall–Kier alpha value is -0.453. The molecule has 34 heavy (non-hydrogen) atoms. The first-order valence-electron chi connectivity index (χ1n) is 12.7. The summed E-state index contributed by atoms with van der Waals surface area (Å²) in [6, 6.07) is 2.10. The smallest absolute Gasteiger partial charge is 0.350 e. The SMILES string of the molecule is COC(=O)c1sc(I)cc1N(C(=O)[C@H]1CC[C@H](C)CC1)C1CCC(O[Si](C)(C)C(C)(C)C)CC1. The van der Waals surface area contributed by atoms with Crippen molar-refractivity contribution in [2.45, 2.75) is 109 Å².